The molecule has 1 N–H and O–H groups in total. The van der Waals surface area contributed by atoms with Gasteiger partial charge in [0.2, 0.25) is 5.95 Å². The first kappa shape index (κ1) is 17.8. The van der Waals surface area contributed by atoms with Crippen LogP contribution in [0.4, 0.5) is 10.9 Å². The van der Waals surface area contributed by atoms with Crippen LogP contribution in [-0.4, -0.2) is 34.8 Å². The van der Waals surface area contributed by atoms with Gasteiger partial charge in [0, 0.05) is 25.1 Å². The highest BCUT2D eigenvalue weighted by molar-refractivity contribution is 7.13. The van der Waals surface area contributed by atoms with Crippen LogP contribution in [-0.2, 0) is 4.74 Å². The van der Waals surface area contributed by atoms with Gasteiger partial charge in [-0.1, -0.05) is 6.07 Å². The number of aromatic nitrogens is 3. The van der Waals surface area contributed by atoms with Crippen LogP contribution in [0.1, 0.15) is 12.5 Å². The maximum Gasteiger partial charge on any atom is 0.227 e. The standard InChI is InChI=1S/C18H17N5O2S/c1-12(10-24-2)25-16-5-13(3-4-14(16)6-19)15-7-21-18(22-8-15)23-17-9-20-11-26-17/h3-5,7-9,11-12H,10H2,1-2H3,(H,21,22,23)/t12-/m0/s1. The summed E-state index contributed by atoms with van der Waals surface area (Å²) in [4.78, 5) is 12.6. The van der Waals surface area contributed by atoms with Crippen LogP contribution in [0.5, 0.6) is 5.75 Å². The summed E-state index contributed by atoms with van der Waals surface area (Å²) in [6, 6.07) is 7.54. The van der Waals surface area contributed by atoms with E-state index in [-0.39, 0.29) is 6.10 Å². The molecular formula is C18H17N5O2S. The Bertz CT molecular complexity index is 891. The molecule has 7 nitrogen and oxygen atoms in total. The van der Waals surface area contributed by atoms with E-state index < -0.39 is 0 Å². The summed E-state index contributed by atoms with van der Waals surface area (Å²) in [5, 5.41) is 13.2. The average Bonchev–Trinajstić information content (AvgIpc) is 3.15. The second-order valence-electron chi connectivity index (χ2n) is 5.49. The summed E-state index contributed by atoms with van der Waals surface area (Å²) < 4.78 is 10.9. The molecular weight excluding hydrogens is 350 g/mol. The third-order valence-electron chi connectivity index (χ3n) is 3.48. The van der Waals surface area contributed by atoms with E-state index in [0.29, 0.717) is 23.9 Å². The zero-order valence-electron chi connectivity index (χ0n) is 14.3. The van der Waals surface area contributed by atoms with Crippen molar-refractivity contribution in [3.05, 3.63) is 47.9 Å². The maximum absolute atomic E-state index is 9.28. The zero-order chi connectivity index (χ0) is 18.4. The van der Waals surface area contributed by atoms with E-state index in [1.54, 1.807) is 37.3 Å². The Labute approximate surface area is 155 Å². The molecule has 0 spiro atoms. The third-order valence-corrected chi connectivity index (χ3v) is 4.17. The largest absolute Gasteiger partial charge is 0.487 e. The highest BCUT2D eigenvalue weighted by atomic mass is 32.1. The zero-order valence-corrected chi connectivity index (χ0v) is 15.2. The third kappa shape index (κ3) is 4.33. The number of benzene rings is 1. The minimum atomic E-state index is -0.162. The summed E-state index contributed by atoms with van der Waals surface area (Å²) in [7, 11) is 1.61. The van der Waals surface area contributed by atoms with Crippen molar-refractivity contribution in [3.63, 3.8) is 0 Å². The second kappa shape index (κ2) is 8.38. The van der Waals surface area contributed by atoms with Crippen molar-refractivity contribution in [1.82, 2.24) is 15.0 Å². The van der Waals surface area contributed by atoms with E-state index in [4.69, 9.17) is 9.47 Å². The molecule has 0 saturated heterocycles. The first-order valence-corrected chi connectivity index (χ1v) is 8.75. The highest BCUT2D eigenvalue weighted by Gasteiger charge is 2.11. The fraction of sp³-hybridized carbons (Fsp3) is 0.222. The molecule has 0 amide bonds. The number of ether oxygens (including phenoxy) is 2. The Balaban J connectivity index is 1.81. The summed E-state index contributed by atoms with van der Waals surface area (Å²) >= 11 is 1.47. The minimum Gasteiger partial charge on any atom is -0.487 e. The van der Waals surface area contributed by atoms with Crippen molar-refractivity contribution in [1.29, 1.82) is 5.26 Å². The number of rotatable bonds is 7. The van der Waals surface area contributed by atoms with Crippen molar-refractivity contribution >= 4 is 22.3 Å². The van der Waals surface area contributed by atoms with Gasteiger partial charge in [-0.3, -0.25) is 4.98 Å². The van der Waals surface area contributed by atoms with E-state index in [2.05, 4.69) is 26.3 Å². The normalized spacial score (nSPS) is 11.6. The van der Waals surface area contributed by atoms with Crippen LogP contribution in [0.25, 0.3) is 11.1 Å². The van der Waals surface area contributed by atoms with E-state index in [0.717, 1.165) is 16.1 Å². The molecule has 0 bridgehead atoms. The molecule has 0 saturated carbocycles. The number of nitrogens with zero attached hydrogens (tertiary/aromatic N) is 4. The Morgan fingerprint density at radius 2 is 2.04 bits per heavy atom. The smallest absolute Gasteiger partial charge is 0.227 e. The fourth-order valence-corrected chi connectivity index (χ4v) is 2.81. The quantitative estimate of drug-likeness (QED) is 0.681. The molecule has 0 unspecified atom stereocenters. The Hall–Kier alpha value is -3.02. The number of methoxy groups -OCH3 is 1. The molecule has 0 fully saturated rings. The number of nitriles is 1. The molecule has 26 heavy (non-hydrogen) atoms. The molecule has 0 aliphatic carbocycles. The monoisotopic (exact) mass is 367 g/mol. The maximum atomic E-state index is 9.28. The van der Waals surface area contributed by atoms with Crippen LogP contribution in [0, 0.1) is 11.3 Å². The van der Waals surface area contributed by atoms with E-state index in [1.165, 1.54) is 11.3 Å². The van der Waals surface area contributed by atoms with E-state index >= 15 is 0 Å². The lowest BCUT2D eigenvalue weighted by atomic mass is 10.1. The van der Waals surface area contributed by atoms with Gasteiger partial charge in [0.25, 0.3) is 0 Å². The number of hydrogen-bond donors (Lipinski definition) is 1. The number of thiazole rings is 1. The number of anilines is 2. The summed E-state index contributed by atoms with van der Waals surface area (Å²) in [6.45, 7) is 2.33. The minimum absolute atomic E-state index is 0.162. The van der Waals surface area contributed by atoms with Crippen molar-refractivity contribution < 1.29 is 9.47 Å². The Morgan fingerprint density at radius 3 is 2.69 bits per heavy atom. The summed E-state index contributed by atoms with van der Waals surface area (Å²) in [6.07, 6.45) is 5.00. The molecule has 2 aromatic heterocycles. The predicted molar refractivity (Wildman–Crippen MR) is 99.5 cm³/mol. The van der Waals surface area contributed by atoms with Gasteiger partial charge in [0.15, 0.2) is 0 Å². The summed E-state index contributed by atoms with van der Waals surface area (Å²) in [5.41, 5.74) is 3.90. The van der Waals surface area contributed by atoms with Gasteiger partial charge in [0.05, 0.1) is 23.9 Å². The Morgan fingerprint density at radius 1 is 1.23 bits per heavy atom. The topological polar surface area (TPSA) is 92.9 Å². The average molecular weight is 367 g/mol. The van der Waals surface area contributed by atoms with Gasteiger partial charge in [0.1, 0.15) is 22.9 Å². The number of nitrogens with one attached hydrogen (secondary N) is 1. The lowest BCUT2D eigenvalue weighted by Crippen LogP contribution is -2.18. The first-order chi connectivity index (χ1) is 12.7. The first-order valence-electron chi connectivity index (χ1n) is 7.87. The molecule has 0 aliphatic rings. The van der Waals surface area contributed by atoms with Crippen LogP contribution in [0.2, 0.25) is 0 Å². The lowest BCUT2D eigenvalue weighted by Gasteiger charge is -2.15. The molecule has 8 heteroatoms. The second-order valence-corrected chi connectivity index (χ2v) is 6.38. The van der Waals surface area contributed by atoms with E-state index in [9.17, 15) is 5.26 Å². The van der Waals surface area contributed by atoms with Gasteiger partial charge in [-0.25, -0.2) is 9.97 Å². The van der Waals surface area contributed by atoms with Crippen molar-refractivity contribution in [3.8, 4) is 22.9 Å². The van der Waals surface area contributed by atoms with E-state index in [1.807, 2.05) is 19.1 Å². The van der Waals surface area contributed by atoms with Gasteiger partial charge in [-0.2, -0.15) is 5.26 Å². The van der Waals surface area contributed by atoms with Gasteiger partial charge >= 0.3 is 0 Å². The highest BCUT2D eigenvalue weighted by Crippen LogP contribution is 2.28. The molecule has 132 valence electrons. The molecule has 1 atom stereocenters. The van der Waals surface area contributed by atoms with Gasteiger partial charge < -0.3 is 14.8 Å². The molecule has 2 heterocycles. The Kier molecular flexibility index (Phi) is 5.73. The number of hydrogen-bond acceptors (Lipinski definition) is 8. The fourth-order valence-electron chi connectivity index (χ4n) is 2.31. The molecule has 1 aromatic carbocycles. The molecule has 3 aromatic rings. The molecule has 0 aliphatic heterocycles. The van der Waals surface area contributed by atoms with Gasteiger partial charge in [-0.15, -0.1) is 11.3 Å². The SMILES string of the molecule is COC[C@H](C)Oc1cc(-c2cnc(Nc3cncs3)nc2)ccc1C#N. The molecule has 3 rings (SSSR count). The van der Waals surface area contributed by atoms with Crippen LogP contribution in [0.3, 0.4) is 0 Å². The van der Waals surface area contributed by atoms with Crippen molar-refractivity contribution in [2.75, 3.05) is 19.0 Å². The molecule has 0 radical (unpaired) electrons. The summed E-state index contributed by atoms with van der Waals surface area (Å²) in [5.74, 6) is 1.01. The van der Waals surface area contributed by atoms with Crippen molar-refractivity contribution in [2.24, 2.45) is 0 Å². The van der Waals surface area contributed by atoms with Crippen LogP contribution >= 0.6 is 11.3 Å². The van der Waals surface area contributed by atoms with Gasteiger partial charge in [-0.05, 0) is 24.6 Å². The van der Waals surface area contributed by atoms with Crippen LogP contribution < -0.4 is 10.1 Å². The van der Waals surface area contributed by atoms with Crippen molar-refractivity contribution in [2.45, 2.75) is 13.0 Å². The lowest BCUT2D eigenvalue weighted by molar-refractivity contribution is 0.0919. The predicted octanol–water partition coefficient (Wildman–Crippen LogP) is 3.63. The van der Waals surface area contributed by atoms with Crippen LogP contribution in [0.15, 0.2) is 42.3 Å².